The Morgan fingerprint density at radius 1 is 1.09 bits per heavy atom. The normalized spacial score (nSPS) is 11.8. The maximum Gasteiger partial charge on any atom is 0.336 e. The molecule has 3 rings (SSSR count). The van der Waals surface area contributed by atoms with Crippen LogP contribution in [0, 0.1) is 5.92 Å². The second kappa shape index (κ2) is 11.4. The zero-order valence-corrected chi connectivity index (χ0v) is 20.7. The third-order valence-corrected chi connectivity index (χ3v) is 5.93. The Morgan fingerprint density at radius 3 is 2.35 bits per heavy atom. The van der Waals surface area contributed by atoms with Crippen LogP contribution >= 0.6 is 0 Å². The summed E-state index contributed by atoms with van der Waals surface area (Å²) < 4.78 is 13.5. The maximum atomic E-state index is 11.6. The molecule has 0 spiro atoms. The number of hydrogen-bond acceptors (Lipinski definition) is 5. The lowest BCUT2D eigenvalue weighted by atomic mass is 9.98. The fourth-order valence-electron chi connectivity index (χ4n) is 4.06. The highest BCUT2D eigenvalue weighted by Gasteiger charge is 2.37. The smallest absolute Gasteiger partial charge is 0.336 e. The van der Waals surface area contributed by atoms with E-state index >= 15 is 0 Å². The minimum atomic E-state index is -0.961. The molecule has 0 bridgehead atoms. The molecule has 1 aromatic heterocycles. The molecule has 0 saturated heterocycles. The zero-order valence-electron chi connectivity index (χ0n) is 20.7. The molecule has 7 nitrogen and oxygen atoms in total. The molecule has 7 heteroatoms. The molecule has 0 aliphatic heterocycles. The van der Waals surface area contributed by atoms with Crippen LogP contribution in [0.25, 0.3) is 11.1 Å². The summed E-state index contributed by atoms with van der Waals surface area (Å²) in [6.45, 7) is 7.17. The van der Waals surface area contributed by atoms with Crippen molar-refractivity contribution in [2.45, 2.75) is 58.8 Å². The van der Waals surface area contributed by atoms with E-state index in [2.05, 4.69) is 20.8 Å². The molecule has 0 aliphatic carbocycles. The largest absolute Gasteiger partial charge is 0.478 e. The Balaban J connectivity index is 1.92. The van der Waals surface area contributed by atoms with E-state index in [1.807, 2.05) is 41.1 Å². The van der Waals surface area contributed by atoms with Gasteiger partial charge in [0.2, 0.25) is 11.6 Å². The van der Waals surface area contributed by atoms with Crippen molar-refractivity contribution in [2.75, 3.05) is 14.2 Å². The predicted molar refractivity (Wildman–Crippen MR) is 132 cm³/mol. The molecule has 1 N–H and O–H groups in total. The van der Waals surface area contributed by atoms with Crippen molar-refractivity contribution in [3.63, 3.8) is 0 Å². The lowest BCUT2D eigenvalue weighted by Crippen LogP contribution is -2.32. The van der Waals surface area contributed by atoms with Gasteiger partial charge in [-0.05, 0) is 35.1 Å². The van der Waals surface area contributed by atoms with Crippen LogP contribution in [0.5, 0.6) is 0 Å². The number of methoxy groups -OCH3 is 2. The third kappa shape index (κ3) is 5.72. The first kappa shape index (κ1) is 25.6. The molecule has 34 heavy (non-hydrogen) atoms. The molecule has 0 fully saturated rings. The van der Waals surface area contributed by atoms with Gasteiger partial charge in [0.1, 0.15) is 5.82 Å². The second-order valence-electron chi connectivity index (χ2n) is 8.92. The van der Waals surface area contributed by atoms with E-state index in [9.17, 15) is 9.90 Å². The van der Waals surface area contributed by atoms with Gasteiger partial charge in [-0.3, -0.25) is 0 Å². The number of aromatic carboxylic acids is 1. The summed E-state index contributed by atoms with van der Waals surface area (Å²) in [6.07, 6.45) is 3.23. The summed E-state index contributed by atoms with van der Waals surface area (Å²) in [5, 5.41) is 14.3. The Kier molecular flexibility index (Phi) is 8.58. The van der Waals surface area contributed by atoms with Gasteiger partial charge >= 0.3 is 5.97 Å². The van der Waals surface area contributed by atoms with Crippen molar-refractivity contribution < 1.29 is 19.4 Å². The minimum Gasteiger partial charge on any atom is -0.478 e. The molecular weight excluding hydrogens is 430 g/mol. The quantitative estimate of drug-likeness (QED) is 0.354. The lowest BCUT2D eigenvalue weighted by molar-refractivity contribution is -0.226. The Bertz CT molecular complexity index is 1090. The highest BCUT2D eigenvalue weighted by Crippen LogP contribution is 2.30. The first-order valence-corrected chi connectivity index (χ1v) is 11.8. The van der Waals surface area contributed by atoms with Crippen molar-refractivity contribution >= 4 is 5.97 Å². The highest BCUT2D eigenvalue weighted by atomic mass is 16.7. The first-order valence-electron chi connectivity index (χ1n) is 11.8. The number of benzene rings is 2. The molecule has 2 aromatic carbocycles. The summed E-state index contributed by atoms with van der Waals surface area (Å²) >= 11 is 0. The van der Waals surface area contributed by atoms with Crippen LogP contribution in [-0.2, 0) is 28.2 Å². The summed E-state index contributed by atoms with van der Waals surface area (Å²) in [4.78, 5) is 16.5. The molecular formula is C27H35N3O4. The summed E-state index contributed by atoms with van der Waals surface area (Å²) in [6, 6.07) is 15.0. The summed E-state index contributed by atoms with van der Waals surface area (Å²) in [7, 11) is 3.27. The van der Waals surface area contributed by atoms with Crippen molar-refractivity contribution in [3.05, 3.63) is 71.3 Å². The van der Waals surface area contributed by atoms with Crippen LogP contribution in [0.1, 0.15) is 67.6 Å². The average molecular weight is 466 g/mol. The van der Waals surface area contributed by atoms with Crippen molar-refractivity contribution in [2.24, 2.45) is 5.92 Å². The number of carboxylic acid groups (broad SMARTS) is 1. The number of aromatic nitrogens is 3. The van der Waals surface area contributed by atoms with Crippen molar-refractivity contribution in [1.29, 1.82) is 0 Å². The standard InChI is InChI=1S/C27H35N3O4/c1-6-7-16-27(33-4,34-5)26-28-24(30(29-26)18-19(2)3)17-20-12-14-21(15-13-20)22-10-8-9-11-23(22)25(31)32/h8-15,19H,6-7,16-18H2,1-5H3,(H,31,32). The Hall–Kier alpha value is -3.03. The van der Waals surface area contributed by atoms with Crippen molar-refractivity contribution in [3.8, 4) is 11.1 Å². The molecule has 0 amide bonds. The van der Waals surface area contributed by atoms with Gasteiger partial charge in [-0.1, -0.05) is 69.7 Å². The van der Waals surface area contributed by atoms with Gasteiger partial charge in [0.15, 0.2) is 0 Å². The van der Waals surface area contributed by atoms with Crippen molar-refractivity contribution in [1.82, 2.24) is 14.8 Å². The number of rotatable bonds is 12. The van der Waals surface area contributed by atoms with E-state index < -0.39 is 11.8 Å². The monoisotopic (exact) mass is 465 g/mol. The Labute approximate surface area is 201 Å². The lowest BCUT2D eigenvalue weighted by Gasteiger charge is -2.27. The van der Waals surface area contributed by atoms with E-state index in [-0.39, 0.29) is 0 Å². The van der Waals surface area contributed by atoms with Gasteiger partial charge in [0, 0.05) is 33.6 Å². The van der Waals surface area contributed by atoms with E-state index in [0.717, 1.165) is 36.3 Å². The highest BCUT2D eigenvalue weighted by molar-refractivity contribution is 5.95. The number of ether oxygens (including phenoxy) is 2. The molecule has 3 aromatic rings. The molecule has 0 radical (unpaired) electrons. The third-order valence-electron chi connectivity index (χ3n) is 5.93. The second-order valence-corrected chi connectivity index (χ2v) is 8.92. The van der Waals surface area contributed by atoms with Crippen LogP contribution in [0.15, 0.2) is 48.5 Å². The fraction of sp³-hybridized carbons (Fsp3) is 0.444. The van der Waals surface area contributed by atoms with Crippen LogP contribution in [0.3, 0.4) is 0 Å². The van der Waals surface area contributed by atoms with E-state index in [1.54, 1.807) is 26.4 Å². The molecule has 0 aliphatic rings. The number of nitrogens with zero attached hydrogens (tertiary/aromatic N) is 3. The van der Waals surface area contributed by atoms with E-state index in [4.69, 9.17) is 19.6 Å². The number of hydrogen-bond donors (Lipinski definition) is 1. The topological polar surface area (TPSA) is 86.5 Å². The van der Waals surface area contributed by atoms with Gasteiger partial charge in [0.05, 0.1) is 5.56 Å². The Morgan fingerprint density at radius 2 is 1.76 bits per heavy atom. The molecule has 0 unspecified atom stereocenters. The summed E-state index contributed by atoms with van der Waals surface area (Å²) in [5.74, 6) is -0.0988. The average Bonchev–Trinajstić information content (AvgIpc) is 3.22. The minimum absolute atomic E-state index is 0.291. The zero-order chi connectivity index (χ0) is 24.7. The fourth-order valence-corrected chi connectivity index (χ4v) is 4.06. The predicted octanol–water partition coefficient (Wildman–Crippen LogP) is 5.53. The van der Waals surface area contributed by atoms with Gasteiger partial charge in [0.25, 0.3) is 0 Å². The molecule has 0 atom stereocenters. The summed E-state index contributed by atoms with van der Waals surface area (Å²) in [5.41, 5.74) is 2.92. The van der Waals surface area contributed by atoms with E-state index in [1.165, 1.54) is 0 Å². The molecule has 0 saturated carbocycles. The van der Waals surface area contributed by atoms with E-state index in [0.29, 0.717) is 35.7 Å². The maximum absolute atomic E-state index is 11.6. The molecule has 182 valence electrons. The molecule has 1 heterocycles. The van der Waals surface area contributed by atoms with Crippen LogP contribution in [0.2, 0.25) is 0 Å². The van der Waals surface area contributed by atoms with Gasteiger partial charge in [-0.15, -0.1) is 0 Å². The van der Waals surface area contributed by atoms with Gasteiger partial charge in [-0.2, -0.15) is 5.10 Å². The van der Waals surface area contributed by atoms with Crippen LogP contribution in [0.4, 0.5) is 0 Å². The number of carboxylic acids is 1. The first-order chi connectivity index (χ1) is 16.3. The van der Waals surface area contributed by atoms with Gasteiger partial charge in [-0.25, -0.2) is 14.5 Å². The SMILES string of the molecule is CCCCC(OC)(OC)c1nc(Cc2ccc(-c3ccccc3C(=O)O)cc2)n(CC(C)C)n1. The van der Waals surface area contributed by atoms with Crippen LogP contribution in [-0.4, -0.2) is 40.1 Å². The van der Waals surface area contributed by atoms with Gasteiger partial charge < -0.3 is 14.6 Å². The number of carbonyl (C=O) groups is 1. The number of unbranched alkanes of at least 4 members (excludes halogenated alkanes) is 1. The van der Waals surface area contributed by atoms with Crippen LogP contribution < -0.4 is 0 Å².